The van der Waals surface area contributed by atoms with Crippen LogP contribution in [0.5, 0.6) is 5.75 Å². The lowest BCUT2D eigenvalue weighted by molar-refractivity contribution is -0.132. The van der Waals surface area contributed by atoms with Gasteiger partial charge in [0, 0.05) is 11.8 Å². The lowest BCUT2D eigenvalue weighted by Gasteiger charge is -2.24. The minimum Gasteiger partial charge on any atom is -0.507 e. The van der Waals surface area contributed by atoms with E-state index in [1.807, 2.05) is 30.3 Å². The third-order valence-corrected chi connectivity index (χ3v) is 4.95. The fourth-order valence-corrected chi connectivity index (χ4v) is 3.54. The van der Waals surface area contributed by atoms with Gasteiger partial charge in [-0.2, -0.15) is 0 Å². The van der Waals surface area contributed by atoms with Crippen LogP contribution in [0.1, 0.15) is 17.2 Å². The second-order valence-electron chi connectivity index (χ2n) is 6.89. The molecular weight excluding hydrogens is 392 g/mol. The smallest absolute Gasteiger partial charge is 0.301 e. The Bertz CT molecular complexity index is 1140. The molecular formula is C25H20N2O4. The summed E-state index contributed by atoms with van der Waals surface area (Å²) in [4.78, 5) is 31.6. The first-order chi connectivity index (χ1) is 15.1. The molecule has 0 spiro atoms. The van der Waals surface area contributed by atoms with Crippen molar-refractivity contribution < 1.29 is 19.4 Å². The Morgan fingerprint density at radius 1 is 1.03 bits per heavy atom. The van der Waals surface area contributed by atoms with Crippen LogP contribution in [0.15, 0.2) is 97.2 Å². The van der Waals surface area contributed by atoms with Gasteiger partial charge in [0.25, 0.3) is 5.78 Å². The molecule has 2 heterocycles. The number of carbonyl (C=O) groups is 2. The Kier molecular flexibility index (Phi) is 5.62. The van der Waals surface area contributed by atoms with Crippen molar-refractivity contribution in [3.63, 3.8) is 0 Å². The number of ketones is 1. The summed E-state index contributed by atoms with van der Waals surface area (Å²) in [5.41, 5.74) is 1.12. The molecule has 154 valence electrons. The molecule has 0 unspecified atom stereocenters. The molecule has 1 saturated heterocycles. The molecule has 1 aromatic heterocycles. The van der Waals surface area contributed by atoms with E-state index in [-0.39, 0.29) is 11.3 Å². The van der Waals surface area contributed by atoms with Crippen LogP contribution < -0.4 is 9.64 Å². The summed E-state index contributed by atoms with van der Waals surface area (Å²) in [6.07, 6.45) is 3.19. The number of aliphatic hydroxyl groups is 1. The maximum Gasteiger partial charge on any atom is 0.301 e. The first-order valence-electron chi connectivity index (χ1n) is 9.73. The van der Waals surface area contributed by atoms with Gasteiger partial charge in [0.15, 0.2) is 0 Å². The van der Waals surface area contributed by atoms with E-state index < -0.39 is 17.7 Å². The van der Waals surface area contributed by atoms with Crippen molar-refractivity contribution in [3.05, 3.63) is 108 Å². The number of hydrogen-bond acceptors (Lipinski definition) is 5. The summed E-state index contributed by atoms with van der Waals surface area (Å²) in [5, 5.41) is 11.1. The van der Waals surface area contributed by atoms with Crippen molar-refractivity contribution in [2.75, 3.05) is 11.5 Å². The third-order valence-electron chi connectivity index (χ3n) is 4.95. The van der Waals surface area contributed by atoms with Crippen LogP contribution in [0.25, 0.3) is 5.76 Å². The number of rotatable bonds is 6. The van der Waals surface area contributed by atoms with Crippen LogP contribution in [-0.4, -0.2) is 28.4 Å². The zero-order valence-electron chi connectivity index (χ0n) is 16.6. The molecule has 1 atom stereocenters. The Morgan fingerprint density at radius 3 is 2.39 bits per heavy atom. The van der Waals surface area contributed by atoms with Gasteiger partial charge in [0.2, 0.25) is 0 Å². The number of benzene rings is 2. The molecule has 1 aliphatic heterocycles. The van der Waals surface area contributed by atoms with Crippen molar-refractivity contribution in [1.82, 2.24) is 4.98 Å². The Morgan fingerprint density at radius 2 is 1.74 bits per heavy atom. The molecule has 0 saturated carbocycles. The second-order valence-corrected chi connectivity index (χ2v) is 6.89. The van der Waals surface area contributed by atoms with Crippen LogP contribution in [0, 0.1) is 0 Å². The summed E-state index contributed by atoms with van der Waals surface area (Å²) in [7, 11) is 0. The molecule has 2 aromatic carbocycles. The highest BCUT2D eigenvalue weighted by atomic mass is 16.5. The molecule has 1 amide bonds. The lowest BCUT2D eigenvalue weighted by atomic mass is 9.95. The molecule has 1 aliphatic rings. The average Bonchev–Trinajstić information content (AvgIpc) is 3.09. The van der Waals surface area contributed by atoms with E-state index in [2.05, 4.69) is 11.6 Å². The zero-order chi connectivity index (χ0) is 21.8. The fourth-order valence-electron chi connectivity index (χ4n) is 3.54. The number of amides is 1. The van der Waals surface area contributed by atoms with E-state index >= 15 is 0 Å². The topological polar surface area (TPSA) is 79.7 Å². The van der Waals surface area contributed by atoms with Crippen molar-refractivity contribution in [2.24, 2.45) is 0 Å². The van der Waals surface area contributed by atoms with Crippen molar-refractivity contribution in [1.29, 1.82) is 0 Å². The predicted molar refractivity (Wildman–Crippen MR) is 118 cm³/mol. The highest BCUT2D eigenvalue weighted by molar-refractivity contribution is 6.51. The number of ether oxygens (including phenoxy) is 1. The standard InChI is InChI=1S/C25H20N2O4/c1-2-16-31-19-13-11-18(12-14-19)23(28)21-22(17-8-4-3-5-9-17)27(25(30)24(21)29)20-10-6-7-15-26-20/h2-15,22,28H,1,16H2/b23-21+/t22-/m0/s1. The quantitative estimate of drug-likeness (QED) is 0.283. The van der Waals surface area contributed by atoms with Crippen molar-refractivity contribution in [3.8, 4) is 5.75 Å². The number of Topliss-reactive ketones (excluding diaryl/α,β-unsaturated/α-hetero) is 1. The summed E-state index contributed by atoms with van der Waals surface area (Å²) < 4.78 is 5.47. The molecule has 6 heteroatoms. The molecule has 3 aromatic rings. The third kappa shape index (κ3) is 3.83. The van der Waals surface area contributed by atoms with E-state index in [1.54, 1.807) is 54.7 Å². The molecule has 1 N–H and O–H groups in total. The molecule has 4 rings (SSSR count). The van der Waals surface area contributed by atoms with Gasteiger partial charge in [0.05, 0.1) is 11.6 Å². The summed E-state index contributed by atoms with van der Waals surface area (Å²) in [6, 6.07) is 20.1. The largest absolute Gasteiger partial charge is 0.507 e. The van der Waals surface area contributed by atoms with Crippen LogP contribution in [0.2, 0.25) is 0 Å². The molecule has 0 aliphatic carbocycles. The van der Waals surface area contributed by atoms with E-state index in [0.717, 1.165) is 0 Å². The monoisotopic (exact) mass is 412 g/mol. The summed E-state index contributed by atoms with van der Waals surface area (Å²) in [5.74, 6) is -0.805. The predicted octanol–water partition coefficient (Wildman–Crippen LogP) is 4.27. The first kappa shape index (κ1) is 20.1. The number of pyridine rings is 1. The van der Waals surface area contributed by atoms with Crippen LogP contribution in [-0.2, 0) is 9.59 Å². The van der Waals surface area contributed by atoms with Gasteiger partial charge in [-0.1, -0.05) is 49.1 Å². The Labute approximate surface area is 179 Å². The van der Waals surface area contributed by atoms with E-state index in [0.29, 0.717) is 29.3 Å². The van der Waals surface area contributed by atoms with Crippen molar-refractivity contribution in [2.45, 2.75) is 6.04 Å². The summed E-state index contributed by atoms with van der Waals surface area (Å²) >= 11 is 0. The Hall–Kier alpha value is -4.19. The highest BCUT2D eigenvalue weighted by Gasteiger charge is 2.47. The number of anilines is 1. The van der Waals surface area contributed by atoms with Gasteiger partial charge in [-0.05, 0) is 42.0 Å². The van der Waals surface area contributed by atoms with Gasteiger partial charge in [0.1, 0.15) is 23.9 Å². The van der Waals surface area contributed by atoms with Crippen molar-refractivity contribution >= 4 is 23.3 Å². The maximum atomic E-state index is 13.0. The number of hydrogen-bond donors (Lipinski definition) is 1. The molecule has 0 bridgehead atoms. The van der Waals surface area contributed by atoms with Crippen LogP contribution >= 0.6 is 0 Å². The maximum absolute atomic E-state index is 13.0. The highest BCUT2D eigenvalue weighted by Crippen LogP contribution is 2.41. The first-order valence-corrected chi connectivity index (χ1v) is 9.73. The van der Waals surface area contributed by atoms with Gasteiger partial charge < -0.3 is 9.84 Å². The molecule has 6 nitrogen and oxygen atoms in total. The zero-order valence-corrected chi connectivity index (χ0v) is 16.6. The van der Waals surface area contributed by atoms with Gasteiger partial charge in [-0.15, -0.1) is 0 Å². The number of aromatic nitrogens is 1. The normalized spacial score (nSPS) is 17.5. The van der Waals surface area contributed by atoms with E-state index in [4.69, 9.17) is 4.74 Å². The minimum absolute atomic E-state index is 0.0154. The number of carbonyl (C=O) groups excluding carboxylic acids is 2. The van der Waals surface area contributed by atoms with E-state index in [1.165, 1.54) is 4.90 Å². The minimum atomic E-state index is -0.798. The lowest BCUT2D eigenvalue weighted by Crippen LogP contribution is -2.30. The van der Waals surface area contributed by atoms with Gasteiger partial charge in [-0.3, -0.25) is 14.5 Å². The van der Waals surface area contributed by atoms with Gasteiger partial charge in [-0.25, -0.2) is 4.98 Å². The number of aliphatic hydroxyl groups excluding tert-OH is 1. The molecule has 0 radical (unpaired) electrons. The molecule has 1 fully saturated rings. The van der Waals surface area contributed by atoms with Crippen LogP contribution in [0.3, 0.4) is 0 Å². The van der Waals surface area contributed by atoms with Crippen LogP contribution in [0.4, 0.5) is 5.82 Å². The second kappa shape index (κ2) is 8.67. The number of nitrogens with zero attached hydrogens (tertiary/aromatic N) is 2. The Balaban J connectivity index is 1.83. The van der Waals surface area contributed by atoms with Gasteiger partial charge >= 0.3 is 5.91 Å². The summed E-state index contributed by atoms with van der Waals surface area (Å²) in [6.45, 7) is 3.96. The average molecular weight is 412 g/mol. The van der Waals surface area contributed by atoms with E-state index in [9.17, 15) is 14.7 Å². The SMILES string of the molecule is C=CCOc1ccc(/C(O)=C2\C(=O)C(=O)N(c3ccccn3)[C@H]2c2ccccc2)cc1. The molecule has 31 heavy (non-hydrogen) atoms. The fraction of sp³-hybridized carbons (Fsp3) is 0.0800.